The molecule has 0 aliphatic rings. The van der Waals surface area contributed by atoms with Gasteiger partial charge >= 0.3 is 11.7 Å². The lowest BCUT2D eigenvalue weighted by Crippen LogP contribution is -2.37. The number of hydrogen-bond donors (Lipinski definition) is 0. The Morgan fingerprint density at radius 1 is 0.967 bits per heavy atom. The van der Waals surface area contributed by atoms with Gasteiger partial charge in [-0.2, -0.15) is 4.98 Å². The number of aromatic nitrogens is 4. The van der Waals surface area contributed by atoms with Gasteiger partial charge < -0.3 is 4.74 Å². The van der Waals surface area contributed by atoms with Gasteiger partial charge in [0.25, 0.3) is 5.56 Å². The van der Waals surface area contributed by atoms with Crippen LogP contribution in [-0.4, -0.2) is 18.7 Å². The third kappa shape index (κ3) is 3.59. The summed E-state index contributed by atoms with van der Waals surface area (Å²) in [6, 6.07) is 13.9. The van der Waals surface area contributed by atoms with Crippen molar-refractivity contribution in [1.82, 2.24) is 18.7 Å². The van der Waals surface area contributed by atoms with Crippen LogP contribution in [0.25, 0.3) is 11.2 Å². The number of imidazole rings is 1. The molecule has 2 aromatic heterocycles. The van der Waals surface area contributed by atoms with Gasteiger partial charge in [-0.05, 0) is 54.8 Å². The van der Waals surface area contributed by atoms with Crippen LogP contribution in [0.5, 0.6) is 11.8 Å². The van der Waals surface area contributed by atoms with E-state index in [4.69, 9.17) is 4.74 Å². The van der Waals surface area contributed by atoms with E-state index in [1.165, 1.54) is 11.6 Å². The molecule has 0 atom stereocenters. The maximum Gasteiger partial charge on any atom is 0.332 e. The first-order valence-electron chi connectivity index (χ1n) is 9.41. The van der Waals surface area contributed by atoms with E-state index in [0.717, 1.165) is 25.7 Å². The van der Waals surface area contributed by atoms with Crippen molar-refractivity contribution in [3.63, 3.8) is 0 Å². The molecular weight excluding hydrogens is 448 g/mol. The van der Waals surface area contributed by atoms with E-state index in [1.54, 1.807) is 11.6 Å². The third-order valence-electron chi connectivity index (χ3n) is 4.97. The highest BCUT2D eigenvalue weighted by molar-refractivity contribution is 9.10. The van der Waals surface area contributed by atoms with Gasteiger partial charge in [0.15, 0.2) is 11.2 Å². The highest BCUT2D eigenvalue weighted by Crippen LogP contribution is 2.27. The Bertz CT molecular complexity index is 1360. The van der Waals surface area contributed by atoms with Crippen molar-refractivity contribution in [2.45, 2.75) is 20.4 Å². The Morgan fingerprint density at radius 2 is 1.60 bits per heavy atom. The first-order valence-corrected chi connectivity index (χ1v) is 10.2. The molecule has 154 valence electrons. The molecule has 0 bridgehead atoms. The number of benzene rings is 2. The lowest BCUT2D eigenvalue weighted by atomic mass is 10.1. The number of fused-ring (bicyclic) bond motifs is 1. The minimum absolute atomic E-state index is 0.260. The SMILES string of the molecule is Cc1cc(C)cc(Oc2nc3c(c(=O)n(C)c(=O)n3C)n2Cc2ccc(Br)cc2)c1. The molecular formula is C22H21BrN4O3. The van der Waals surface area contributed by atoms with E-state index >= 15 is 0 Å². The fraction of sp³-hybridized carbons (Fsp3) is 0.227. The number of rotatable bonds is 4. The van der Waals surface area contributed by atoms with Crippen LogP contribution >= 0.6 is 15.9 Å². The molecule has 0 amide bonds. The van der Waals surface area contributed by atoms with Crippen molar-refractivity contribution in [3.05, 3.63) is 84.5 Å². The molecule has 0 aliphatic carbocycles. The monoisotopic (exact) mass is 468 g/mol. The Balaban J connectivity index is 1.94. The molecule has 0 spiro atoms. The number of ether oxygens (including phenoxy) is 1. The second-order valence-electron chi connectivity index (χ2n) is 7.41. The molecule has 30 heavy (non-hydrogen) atoms. The lowest BCUT2D eigenvalue weighted by molar-refractivity contribution is 0.420. The van der Waals surface area contributed by atoms with Gasteiger partial charge in [-0.15, -0.1) is 0 Å². The lowest BCUT2D eigenvalue weighted by Gasteiger charge is -2.11. The van der Waals surface area contributed by atoms with Gasteiger partial charge in [-0.3, -0.25) is 18.5 Å². The van der Waals surface area contributed by atoms with Crippen molar-refractivity contribution in [2.75, 3.05) is 0 Å². The summed E-state index contributed by atoms with van der Waals surface area (Å²) >= 11 is 3.44. The van der Waals surface area contributed by atoms with E-state index in [9.17, 15) is 9.59 Å². The predicted molar refractivity (Wildman–Crippen MR) is 119 cm³/mol. The average molecular weight is 469 g/mol. The molecule has 8 heteroatoms. The topological polar surface area (TPSA) is 71.1 Å². The van der Waals surface area contributed by atoms with Gasteiger partial charge in [-0.25, -0.2) is 4.79 Å². The molecule has 2 heterocycles. The standard InChI is InChI=1S/C22H21BrN4O3/c1-13-9-14(2)11-17(10-13)30-21-24-19-18(20(28)26(4)22(29)25(19)3)27(21)12-15-5-7-16(23)8-6-15/h5-11H,12H2,1-4H3. The highest BCUT2D eigenvalue weighted by atomic mass is 79.9. The minimum atomic E-state index is -0.432. The molecule has 0 N–H and O–H groups in total. The molecule has 4 aromatic rings. The number of halogens is 1. The predicted octanol–water partition coefficient (Wildman–Crippen LogP) is 3.65. The van der Waals surface area contributed by atoms with Crippen LogP contribution in [0.1, 0.15) is 16.7 Å². The maximum absolute atomic E-state index is 13.0. The second kappa shape index (κ2) is 7.60. The van der Waals surface area contributed by atoms with E-state index < -0.39 is 11.2 Å². The Morgan fingerprint density at radius 3 is 2.23 bits per heavy atom. The Kier molecular flexibility index (Phi) is 5.11. The van der Waals surface area contributed by atoms with Gasteiger partial charge in [0.05, 0.1) is 6.54 Å². The van der Waals surface area contributed by atoms with Crippen molar-refractivity contribution in [2.24, 2.45) is 14.1 Å². The van der Waals surface area contributed by atoms with Crippen molar-refractivity contribution < 1.29 is 4.74 Å². The fourth-order valence-electron chi connectivity index (χ4n) is 3.52. The molecule has 0 radical (unpaired) electrons. The van der Waals surface area contributed by atoms with Crippen molar-refractivity contribution in [1.29, 1.82) is 0 Å². The summed E-state index contributed by atoms with van der Waals surface area (Å²) in [5.41, 5.74) is 2.86. The van der Waals surface area contributed by atoms with Gasteiger partial charge in [0.2, 0.25) is 0 Å². The second-order valence-corrected chi connectivity index (χ2v) is 8.33. The zero-order valence-electron chi connectivity index (χ0n) is 17.1. The zero-order chi connectivity index (χ0) is 21.6. The van der Waals surface area contributed by atoms with E-state index in [-0.39, 0.29) is 6.01 Å². The van der Waals surface area contributed by atoms with Crippen LogP contribution in [0.4, 0.5) is 0 Å². The molecule has 0 saturated carbocycles. The minimum Gasteiger partial charge on any atom is -0.425 e. The summed E-state index contributed by atoms with van der Waals surface area (Å²) in [6.07, 6.45) is 0. The van der Waals surface area contributed by atoms with Crippen molar-refractivity contribution in [3.8, 4) is 11.8 Å². The summed E-state index contributed by atoms with van der Waals surface area (Å²) in [7, 11) is 3.06. The van der Waals surface area contributed by atoms with Crippen LogP contribution < -0.4 is 16.0 Å². The quantitative estimate of drug-likeness (QED) is 0.458. The first kappa shape index (κ1) is 20.2. The van der Waals surface area contributed by atoms with Gasteiger partial charge in [0.1, 0.15) is 5.75 Å². The van der Waals surface area contributed by atoms with Crippen LogP contribution in [0.3, 0.4) is 0 Å². The molecule has 7 nitrogen and oxygen atoms in total. The smallest absolute Gasteiger partial charge is 0.332 e. The molecule has 0 fully saturated rings. The summed E-state index contributed by atoms with van der Waals surface area (Å²) in [4.78, 5) is 29.9. The molecule has 0 unspecified atom stereocenters. The summed E-state index contributed by atoms with van der Waals surface area (Å²) < 4.78 is 11.3. The van der Waals surface area contributed by atoms with Gasteiger partial charge in [0, 0.05) is 18.6 Å². The summed E-state index contributed by atoms with van der Waals surface area (Å²) in [5, 5.41) is 0. The van der Waals surface area contributed by atoms with E-state index in [2.05, 4.69) is 27.0 Å². The third-order valence-corrected chi connectivity index (χ3v) is 5.50. The summed E-state index contributed by atoms with van der Waals surface area (Å²) in [6.45, 7) is 4.35. The van der Waals surface area contributed by atoms with E-state index in [1.807, 2.05) is 50.2 Å². The highest BCUT2D eigenvalue weighted by Gasteiger charge is 2.21. The average Bonchev–Trinajstić information content (AvgIpc) is 3.03. The van der Waals surface area contributed by atoms with Crippen LogP contribution in [0, 0.1) is 13.8 Å². The molecule has 0 saturated heterocycles. The Labute approximate surface area is 181 Å². The maximum atomic E-state index is 13.0. The summed E-state index contributed by atoms with van der Waals surface area (Å²) in [5.74, 6) is 0.627. The first-order chi connectivity index (χ1) is 14.2. The van der Waals surface area contributed by atoms with Crippen LogP contribution in [0.2, 0.25) is 0 Å². The van der Waals surface area contributed by atoms with Crippen LogP contribution in [0.15, 0.2) is 56.5 Å². The number of nitrogens with zero attached hydrogens (tertiary/aromatic N) is 4. The molecule has 2 aromatic carbocycles. The van der Waals surface area contributed by atoms with E-state index in [0.29, 0.717) is 23.5 Å². The van der Waals surface area contributed by atoms with Gasteiger partial charge in [-0.1, -0.05) is 34.1 Å². The number of hydrogen-bond acceptors (Lipinski definition) is 4. The van der Waals surface area contributed by atoms with Crippen molar-refractivity contribution >= 4 is 27.1 Å². The zero-order valence-corrected chi connectivity index (χ0v) is 18.7. The normalized spacial score (nSPS) is 11.2. The molecule has 0 aliphatic heterocycles. The largest absolute Gasteiger partial charge is 0.425 e. The van der Waals surface area contributed by atoms with Crippen LogP contribution in [-0.2, 0) is 20.6 Å². The number of aryl methyl sites for hydroxylation is 3. The fourth-order valence-corrected chi connectivity index (χ4v) is 3.79. The molecule has 4 rings (SSSR count). The Hall–Kier alpha value is -3.13.